The average Bonchev–Trinajstić information content (AvgIpc) is 2.83. The van der Waals surface area contributed by atoms with E-state index in [0.29, 0.717) is 26.1 Å². The summed E-state index contributed by atoms with van der Waals surface area (Å²) in [4.78, 5) is 38.0. The van der Waals surface area contributed by atoms with Gasteiger partial charge in [-0.15, -0.1) is 0 Å². The molecule has 2 amide bonds. The first kappa shape index (κ1) is 20.7. The molecule has 3 aromatic rings. The van der Waals surface area contributed by atoms with Gasteiger partial charge < -0.3 is 9.80 Å². The first-order valence-corrected chi connectivity index (χ1v) is 10.7. The van der Waals surface area contributed by atoms with E-state index in [-0.39, 0.29) is 17.5 Å². The molecule has 1 fully saturated rings. The fourth-order valence-corrected chi connectivity index (χ4v) is 4.01. The van der Waals surface area contributed by atoms with Gasteiger partial charge in [-0.2, -0.15) is 0 Å². The third kappa shape index (κ3) is 4.63. The number of hydrogen-bond acceptors (Lipinski definition) is 4. The van der Waals surface area contributed by atoms with Crippen LogP contribution in [0.5, 0.6) is 0 Å². The molecule has 158 valence electrons. The summed E-state index contributed by atoms with van der Waals surface area (Å²) in [5.74, 6) is -0.249. The van der Waals surface area contributed by atoms with Gasteiger partial charge in [-0.05, 0) is 23.1 Å². The van der Waals surface area contributed by atoms with Crippen LogP contribution in [-0.2, 0) is 11.2 Å². The van der Waals surface area contributed by atoms with Gasteiger partial charge in [0.2, 0.25) is 5.91 Å². The lowest BCUT2D eigenvalue weighted by Gasteiger charge is -2.40. The Labute approximate surface area is 182 Å². The summed E-state index contributed by atoms with van der Waals surface area (Å²) in [6.07, 6.45) is 5.85. The highest BCUT2D eigenvalue weighted by Crippen LogP contribution is 2.22. The maximum Gasteiger partial charge on any atom is 0.274 e. The van der Waals surface area contributed by atoms with Gasteiger partial charge in [0.1, 0.15) is 11.7 Å². The molecule has 1 atom stereocenters. The van der Waals surface area contributed by atoms with E-state index in [2.05, 4.69) is 41.2 Å². The Morgan fingerprint density at radius 3 is 2.42 bits per heavy atom. The predicted molar refractivity (Wildman–Crippen MR) is 119 cm³/mol. The van der Waals surface area contributed by atoms with Crippen LogP contribution in [0.15, 0.2) is 73.2 Å². The third-order valence-electron chi connectivity index (χ3n) is 5.61. The molecule has 0 spiro atoms. The molecule has 1 saturated heterocycles. The third-order valence-corrected chi connectivity index (χ3v) is 5.61. The molecule has 0 aliphatic carbocycles. The Hall–Kier alpha value is -3.54. The highest BCUT2D eigenvalue weighted by Gasteiger charge is 2.37. The molecule has 6 heteroatoms. The molecule has 0 radical (unpaired) electrons. The zero-order chi connectivity index (χ0) is 21.6. The van der Waals surface area contributed by atoms with Gasteiger partial charge in [0.15, 0.2) is 0 Å². The number of hydrogen-bond donors (Lipinski definition) is 0. The van der Waals surface area contributed by atoms with Crippen molar-refractivity contribution < 1.29 is 9.59 Å². The second-order valence-corrected chi connectivity index (χ2v) is 7.70. The van der Waals surface area contributed by atoms with Gasteiger partial charge in [-0.25, -0.2) is 4.98 Å². The first-order valence-electron chi connectivity index (χ1n) is 10.7. The van der Waals surface area contributed by atoms with Crippen LogP contribution in [0.1, 0.15) is 29.4 Å². The molecule has 4 rings (SSSR count). The Morgan fingerprint density at radius 2 is 1.74 bits per heavy atom. The lowest BCUT2D eigenvalue weighted by Crippen LogP contribution is -2.59. The van der Waals surface area contributed by atoms with E-state index in [0.717, 1.165) is 23.1 Å². The van der Waals surface area contributed by atoms with Crippen molar-refractivity contribution in [1.29, 1.82) is 0 Å². The van der Waals surface area contributed by atoms with Gasteiger partial charge in [0.25, 0.3) is 5.91 Å². The summed E-state index contributed by atoms with van der Waals surface area (Å²) in [6.45, 7) is 3.80. The van der Waals surface area contributed by atoms with Crippen molar-refractivity contribution in [3.05, 3.63) is 84.4 Å². The minimum Gasteiger partial charge on any atom is -0.339 e. The normalized spacial score (nSPS) is 16.4. The van der Waals surface area contributed by atoms with Gasteiger partial charge in [-0.1, -0.05) is 61.5 Å². The standard InChI is InChI=1S/C25H26N4O2/c1-2-14-28-15-16-29(24(30)22-18-26-12-13-27-22)23(25(28)31)17-19-8-10-21(11-9-19)20-6-4-3-5-7-20/h3-13,18,23H,2,14-17H2,1H3. The Morgan fingerprint density at radius 1 is 1.00 bits per heavy atom. The minimum atomic E-state index is -0.544. The summed E-state index contributed by atoms with van der Waals surface area (Å²) in [6, 6.07) is 17.8. The second-order valence-electron chi connectivity index (χ2n) is 7.70. The van der Waals surface area contributed by atoms with Gasteiger partial charge >= 0.3 is 0 Å². The van der Waals surface area contributed by atoms with E-state index in [4.69, 9.17) is 0 Å². The molecule has 1 aliphatic heterocycles. The molecule has 0 N–H and O–H groups in total. The molecule has 1 aromatic heterocycles. The van der Waals surface area contributed by atoms with Crippen LogP contribution < -0.4 is 0 Å². The van der Waals surface area contributed by atoms with E-state index in [1.54, 1.807) is 4.90 Å². The monoisotopic (exact) mass is 414 g/mol. The SMILES string of the molecule is CCCN1CCN(C(=O)c2cnccn2)C(Cc2ccc(-c3ccccc3)cc2)C1=O. The van der Waals surface area contributed by atoms with Crippen LogP contribution in [-0.4, -0.2) is 57.3 Å². The number of amides is 2. The highest BCUT2D eigenvalue weighted by atomic mass is 16.2. The fraction of sp³-hybridized carbons (Fsp3) is 0.280. The van der Waals surface area contributed by atoms with Crippen LogP contribution >= 0.6 is 0 Å². The number of benzene rings is 2. The van der Waals surface area contributed by atoms with Gasteiger partial charge in [0, 0.05) is 38.4 Å². The quantitative estimate of drug-likeness (QED) is 0.620. The molecule has 1 unspecified atom stereocenters. The predicted octanol–water partition coefficient (Wildman–Crippen LogP) is 3.45. The van der Waals surface area contributed by atoms with Gasteiger partial charge in [-0.3, -0.25) is 14.6 Å². The average molecular weight is 415 g/mol. The largest absolute Gasteiger partial charge is 0.339 e. The summed E-state index contributed by atoms with van der Waals surface area (Å²) < 4.78 is 0. The van der Waals surface area contributed by atoms with Crippen LogP contribution in [0.25, 0.3) is 11.1 Å². The second kappa shape index (κ2) is 9.51. The lowest BCUT2D eigenvalue weighted by atomic mass is 9.98. The van der Waals surface area contributed by atoms with Crippen LogP contribution in [0.3, 0.4) is 0 Å². The molecule has 31 heavy (non-hydrogen) atoms. The number of aromatic nitrogens is 2. The molecule has 6 nitrogen and oxygen atoms in total. The minimum absolute atomic E-state index is 0.00234. The van der Waals surface area contributed by atoms with Crippen molar-refractivity contribution in [2.75, 3.05) is 19.6 Å². The van der Waals surface area contributed by atoms with E-state index < -0.39 is 6.04 Å². The number of carbonyl (C=O) groups excluding carboxylic acids is 2. The zero-order valence-corrected chi connectivity index (χ0v) is 17.6. The zero-order valence-electron chi connectivity index (χ0n) is 17.6. The molecule has 0 saturated carbocycles. The first-order chi connectivity index (χ1) is 15.2. The van der Waals surface area contributed by atoms with Crippen molar-refractivity contribution in [3.63, 3.8) is 0 Å². The van der Waals surface area contributed by atoms with Crippen LogP contribution in [0.2, 0.25) is 0 Å². The van der Waals surface area contributed by atoms with E-state index >= 15 is 0 Å². The number of carbonyl (C=O) groups is 2. The smallest absolute Gasteiger partial charge is 0.274 e. The topological polar surface area (TPSA) is 66.4 Å². The van der Waals surface area contributed by atoms with Gasteiger partial charge in [0.05, 0.1) is 6.20 Å². The molecule has 2 heterocycles. The Bertz CT molecular complexity index is 1020. The maximum absolute atomic E-state index is 13.3. The van der Waals surface area contributed by atoms with E-state index in [1.165, 1.54) is 18.6 Å². The molecule has 2 aromatic carbocycles. The fourth-order valence-electron chi connectivity index (χ4n) is 4.01. The molecular weight excluding hydrogens is 388 g/mol. The molecule has 0 bridgehead atoms. The van der Waals surface area contributed by atoms with Crippen molar-refractivity contribution in [1.82, 2.24) is 19.8 Å². The lowest BCUT2D eigenvalue weighted by molar-refractivity contribution is -0.140. The van der Waals surface area contributed by atoms with Crippen molar-refractivity contribution in [3.8, 4) is 11.1 Å². The summed E-state index contributed by atoms with van der Waals surface area (Å²) in [7, 11) is 0. The number of rotatable bonds is 6. The van der Waals surface area contributed by atoms with E-state index in [1.807, 2.05) is 35.2 Å². The maximum atomic E-state index is 13.3. The van der Waals surface area contributed by atoms with Crippen molar-refractivity contribution in [2.24, 2.45) is 0 Å². The number of nitrogens with zero attached hydrogens (tertiary/aromatic N) is 4. The van der Waals surface area contributed by atoms with Crippen LogP contribution in [0, 0.1) is 0 Å². The summed E-state index contributed by atoms with van der Waals surface area (Å²) in [5.41, 5.74) is 3.56. The molecular formula is C25H26N4O2. The Balaban J connectivity index is 1.58. The summed E-state index contributed by atoms with van der Waals surface area (Å²) >= 11 is 0. The van der Waals surface area contributed by atoms with Crippen molar-refractivity contribution in [2.45, 2.75) is 25.8 Å². The summed E-state index contributed by atoms with van der Waals surface area (Å²) in [5, 5.41) is 0. The Kier molecular flexibility index (Phi) is 6.36. The van der Waals surface area contributed by atoms with E-state index in [9.17, 15) is 9.59 Å². The molecule has 1 aliphatic rings. The van der Waals surface area contributed by atoms with Crippen LogP contribution in [0.4, 0.5) is 0 Å². The number of piperazine rings is 1. The van der Waals surface area contributed by atoms with Crippen molar-refractivity contribution >= 4 is 11.8 Å². The highest BCUT2D eigenvalue weighted by molar-refractivity contribution is 5.96.